The molecule has 1 aromatic heterocycles. The van der Waals surface area contributed by atoms with Gasteiger partial charge in [-0.2, -0.15) is 0 Å². The van der Waals surface area contributed by atoms with Crippen LogP contribution in [0.2, 0.25) is 0 Å². The molecule has 5 heteroatoms. The molecule has 26 heavy (non-hydrogen) atoms. The number of rotatable bonds is 4. The molecule has 3 aromatic rings. The second-order valence-corrected chi connectivity index (χ2v) is 6.41. The second-order valence-electron chi connectivity index (χ2n) is 6.41. The van der Waals surface area contributed by atoms with Crippen molar-refractivity contribution in [3.8, 4) is 0 Å². The van der Waals surface area contributed by atoms with Gasteiger partial charge in [-0.05, 0) is 42.9 Å². The third-order valence-electron chi connectivity index (χ3n) is 3.89. The summed E-state index contributed by atoms with van der Waals surface area (Å²) in [5.74, 6) is 0. The summed E-state index contributed by atoms with van der Waals surface area (Å²) in [5.41, 5.74) is 2.23. The summed E-state index contributed by atoms with van der Waals surface area (Å²) in [5, 5.41) is 0.472. The van der Waals surface area contributed by atoms with Crippen molar-refractivity contribution in [1.29, 1.82) is 0 Å². The van der Waals surface area contributed by atoms with E-state index in [1.54, 1.807) is 12.2 Å². The van der Waals surface area contributed by atoms with E-state index in [0.717, 1.165) is 17.7 Å². The summed E-state index contributed by atoms with van der Waals surface area (Å²) in [6.45, 7) is 0.849. The Morgan fingerprint density at radius 2 is 1.27 bits per heavy atom. The third kappa shape index (κ3) is 4.46. The van der Waals surface area contributed by atoms with E-state index in [1.165, 1.54) is 5.56 Å². The number of nitrogens with one attached hydrogen (secondary N) is 2. The highest BCUT2D eigenvalue weighted by Gasteiger charge is 1.98. The van der Waals surface area contributed by atoms with Gasteiger partial charge in [0, 0.05) is 6.54 Å². The SMILES string of the molecule is CN(C)Cc1ccc(C=c2[nH]c(=O)c(=Cc3ccccc3)[nH]c2=O)cc1. The molecule has 0 aliphatic heterocycles. The fourth-order valence-corrected chi connectivity index (χ4v) is 2.66. The Bertz CT molecular complexity index is 1110. The maximum absolute atomic E-state index is 12.3. The number of aromatic nitrogens is 2. The first-order valence-corrected chi connectivity index (χ1v) is 8.36. The predicted molar refractivity (Wildman–Crippen MR) is 104 cm³/mol. The minimum atomic E-state index is -0.330. The van der Waals surface area contributed by atoms with Gasteiger partial charge in [-0.1, -0.05) is 54.6 Å². The molecule has 0 atom stereocenters. The first-order chi connectivity index (χ1) is 12.5. The van der Waals surface area contributed by atoms with Crippen LogP contribution in [0, 0.1) is 0 Å². The minimum Gasteiger partial charge on any atom is -0.316 e. The van der Waals surface area contributed by atoms with E-state index >= 15 is 0 Å². The van der Waals surface area contributed by atoms with Gasteiger partial charge in [-0.25, -0.2) is 0 Å². The van der Waals surface area contributed by atoms with Crippen LogP contribution in [0.15, 0.2) is 64.2 Å². The highest BCUT2D eigenvalue weighted by Crippen LogP contribution is 2.06. The van der Waals surface area contributed by atoms with Crippen molar-refractivity contribution in [3.63, 3.8) is 0 Å². The molecule has 0 bridgehead atoms. The van der Waals surface area contributed by atoms with Crippen molar-refractivity contribution in [2.45, 2.75) is 6.54 Å². The Morgan fingerprint density at radius 1 is 0.769 bits per heavy atom. The van der Waals surface area contributed by atoms with Crippen LogP contribution < -0.4 is 21.8 Å². The Morgan fingerprint density at radius 3 is 1.77 bits per heavy atom. The van der Waals surface area contributed by atoms with Crippen molar-refractivity contribution < 1.29 is 0 Å². The van der Waals surface area contributed by atoms with Crippen LogP contribution >= 0.6 is 0 Å². The van der Waals surface area contributed by atoms with E-state index in [2.05, 4.69) is 14.9 Å². The fraction of sp³-hybridized carbons (Fsp3) is 0.143. The van der Waals surface area contributed by atoms with Gasteiger partial charge in [-0.3, -0.25) is 9.59 Å². The number of H-pyrrole nitrogens is 2. The van der Waals surface area contributed by atoms with Gasteiger partial charge >= 0.3 is 0 Å². The molecular formula is C21H21N3O2. The number of hydrogen-bond acceptors (Lipinski definition) is 3. The Kier molecular flexibility index (Phi) is 5.29. The average molecular weight is 347 g/mol. The van der Waals surface area contributed by atoms with Crippen molar-refractivity contribution in [1.82, 2.24) is 14.9 Å². The first-order valence-electron chi connectivity index (χ1n) is 8.36. The monoisotopic (exact) mass is 347 g/mol. The van der Waals surface area contributed by atoms with Gasteiger partial charge in [0.25, 0.3) is 11.1 Å². The van der Waals surface area contributed by atoms with Crippen molar-refractivity contribution >= 4 is 12.2 Å². The molecule has 0 radical (unpaired) electrons. The molecule has 0 aliphatic rings. The summed E-state index contributed by atoms with van der Waals surface area (Å²) in [6.07, 6.45) is 3.33. The highest BCUT2D eigenvalue weighted by atomic mass is 16.1. The van der Waals surface area contributed by atoms with E-state index in [0.29, 0.717) is 0 Å². The summed E-state index contributed by atoms with van der Waals surface area (Å²) in [6, 6.07) is 17.3. The van der Waals surface area contributed by atoms with E-state index < -0.39 is 0 Å². The lowest BCUT2D eigenvalue weighted by Gasteiger charge is -2.09. The van der Waals surface area contributed by atoms with Crippen molar-refractivity contribution in [3.05, 3.63) is 103 Å². The van der Waals surface area contributed by atoms with Crippen molar-refractivity contribution in [2.24, 2.45) is 0 Å². The van der Waals surface area contributed by atoms with Crippen LogP contribution in [0.5, 0.6) is 0 Å². The van der Waals surface area contributed by atoms with E-state index in [-0.39, 0.29) is 21.8 Å². The average Bonchev–Trinajstić information content (AvgIpc) is 2.61. The fourth-order valence-electron chi connectivity index (χ4n) is 2.66. The lowest BCUT2D eigenvalue weighted by molar-refractivity contribution is 0.402. The number of nitrogens with zero attached hydrogens (tertiary/aromatic N) is 1. The molecule has 3 rings (SSSR count). The maximum Gasteiger partial charge on any atom is 0.272 e. The predicted octanol–water partition coefficient (Wildman–Crippen LogP) is 0.782. The topological polar surface area (TPSA) is 69.0 Å². The largest absolute Gasteiger partial charge is 0.316 e. The quantitative estimate of drug-likeness (QED) is 0.733. The van der Waals surface area contributed by atoms with Crippen LogP contribution in [0.3, 0.4) is 0 Å². The Hall–Kier alpha value is -3.18. The Balaban J connectivity index is 1.98. The molecule has 0 amide bonds. The van der Waals surface area contributed by atoms with Crippen LogP contribution in [-0.4, -0.2) is 29.0 Å². The molecule has 0 unspecified atom stereocenters. The van der Waals surface area contributed by atoms with Gasteiger partial charge in [-0.15, -0.1) is 0 Å². The van der Waals surface area contributed by atoms with E-state index in [1.807, 2.05) is 68.7 Å². The van der Waals surface area contributed by atoms with E-state index in [4.69, 9.17) is 0 Å². The van der Waals surface area contributed by atoms with Gasteiger partial charge < -0.3 is 14.9 Å². The smallest absolute Gasteiger partial charge is 0.272 e. The molecule has 132 valence electrons. The number of aromatic amines is 2. The molecule has 0 spiro atoms. The van der Waals surface area contributed by atoms with Gasteiger partial charge in [0.1, 0.15) is 10.7 Å². The Labute approximate surface area is 151 Å². The molecule has 2 aromatic carbocycles. The standard InChI is InChI=1S/C21H21N3O2/c1-24(2)14-17-10-8-16(9-11-17)13-19-21(26)22-18(20(25)23-19)12-15-6-4-3-5-7-15/h3-13H,14H2,1-2H3,(H,22,26)(H,23,25). The van der Waals surface area contributed by atoms with Crippen LogP contribution in [0.25, 0.3) is 12.2 Å². The third-order valence-corrected chi connectivity index (χ3v) is 3.89. The molecule has 1 heterocycles. The normalized spacial score (nSPS) is 12.7. The minimum absolute atomic E-state index is 0.236. The second kappa shape index (κ2) is 7.80. The zero-order valence-corrected chi connectivity index (χ0v) is 14.8. The van der Waals surface area contributed by atoms with Crippen LogP contribution in [-0.2, 0) is 6.54 Å². The summed E-state index contributed by atoms with van der Waals surface area (Å²) in [7, 11) is 4.02. The lowest BCUT2D eigenvalue weighted by atomic mass is 10.1. The number of hydrogen-bond donors (Lipinski definition) is 2. The first kappa shape index (κ1) is 17.6. The molecule has 2 N–H and O–H groups in total. The summed E-state index contributed by atoms with van der Waals surface area (Å²) in [4.78, 5) is 32.0. The van der Waals surface area contributed by atoms with Crippen molar-refractivity contribution in [2.75, 3.05) is 14.1 Å². The lowest BCUT2D eigenvalue weighted by Crippen LogP contribution is -2.46. The van der Waals surface area contributed by atoms with Crippen LogP contribution in [0.1, 0.15) is 16.7 Å². The van der Waals surface area contributed by atoms with E-state index in [9.17, 15) is 9.59 Å². The maximum atomic E-state index is 12.3. The molecule has 0 saturated carbocycles. The molecule has 0 fully saturated rings. The molecular weight excluding hydrogens is 326 g/mol. The van der Waals surface area contributed by atoms with Gasteiger partial charge in [0.15, 0.2) is 0 Å². The molecule has 5 nitrogen and oxygen atoms in total. The zero-order chi connectivity index (χ0) is 18.5. The summed E-state index contributed by atoms with van der Waals surface area (Å²) >= 11 is 0. The molecule has 0 aliphatic carbocycles. The van der Waals surface area contributed by atoms with Gasteiger partial charge in [0.05, 0.1) is 0 Å². The zero-order valence-electron chi connectivity index (χ0n) is 14.8. The molecule has 0 saturated heterocycles. The number of benzene rings is 2. The highest BCUT2D eigenvalue weighted by molar-refractivity contribution is 5.49. The van der Waals surface area contributed by atoms with Gasteiger partial charge in [0.2, 0.25) is 0 Å². The summed E-state index contributed by atoms with van der Waals surface area (Å²) < 4.78 is 0. The van der Waals surface area contributed by atoms with Crippen LogP contribution in [0.4, 0.5) is 0 Å².